The molecule has 5 nitrogen and oxygen atoms in total. The van der Waals surface area contributed by atoms with Gasteiger partial charge in [-0.2, -0.15) is 8.42 Å². The summed E-state index contributed by atoms with van der Waals surface area (Å²) in [4.78, 5) is 4.32. The molecule has 6 heteroatoms. The summed E-state index contributed by atoms with van der Waals surface area (Å²) >= 11 is 0. The number of para-hydroxylation sites is 1. The summed E-state index contributed by atoms with van der Waals surface area (Å²) in [5, 5.41) is 2.05. The van der Waals surface area contributed by atoms with Gasteiger partial charge in [0.25, 0.3) is 0 Å². The number of aromatic nitrogens is 1. The van der Waals surface area contributed by atoms with E-state index in [1.165, 1.54) is 6.07 Å². The smallest absolute Gasteiger partial charge is 0.339 e. The number of pyridine rings is 1. The zero-order valence-corrected chi connectivity index (χ0v) is 14.7. The predicted molar refractivity (Wildman–Crippen MR) is 100 cm³/mol. The molecule has 0 radical (unpaired) electrons. The summed E-state index contributed by atoms with van der Waals surface area (Å²) < 4.78 is 36.7. The van der Waals surface area contributed by atoms with Crippen LogP contribution < -0.4 is 8.92 Å². The van der Waals surface area contributed by atoms with E-state index < -0.39 is 10.1 Å². The Morgan fingerprint density at radius 2 is 1.58 bits per heavy atom. The molecule has 0 atom stereocenters. The van der Waals surface area contributed by atoms with Crippen molar-refractivity contribution in [2.75, 3.05) is 7.11 Å². The van der Waals surface area contributed by atoms with Crippen LogP contribution in [0.25, 0.3) is 21.7 Å². The highest BCUT2D eigenvalue weighted by molar-refractivity contribution is 7.87. The van der Waals surface area contributed by atoms with Gasteiger partial charge in [-0.3, -0.25) is 4.98 Å². The van der Waals surface area contributed by atoms with Gasteiger partial charge in [-0.05, 0) is 24.3 Å². The normalized spacial score (nSPS) is 11.6. The molecule has 0 unspecified atom stereocenters. The summed E-state index contributed by atoms with van der Waals surface area (Å²) in [5.74, 6) is 0.800. The fourth-order valence-electron chi connectivity index (χ4n) is 2.95. The molecule has 1 heterocycles. The second kappa shape index (κ2) is 6.31. The van der Waals surface area contributed by atoms with Crippen LogP contribution in [0.15, 0.2) is 77.8 Å². The first-order chi connectivity index (χ1) is 12.6. The molecule has 0 saturated carbocycles. The van der Waals surface area contributed by atoms with Gasteiger partial charge < -0.3 is 8.92 Å². The molecule has 0 aliphatic heterocycles. The van der Waals surface area contributed by atoms with Crippen molar-refractivity contribution in [1.82, 2.24) is 4.98 Å². The Morgan fingerprint density at radius 3 is 2.38 bits per heavy atom. The van der Waals surface area contributed by atoms with Crippen LogP contribution in [0.3, 0.4) is 0 Å². The van der Waals surface area contributed by atoms with E-state index in [0.717, 1.165) is 5.39 Å². The lowest BCUT2D eigenvalue weighted by atomic mass is 10.1. The van der Waals surface area contributed by atoms with Crippen molar-refractivity contribution in [3.05, 3.63) is 72.9 Å². The largest absolute Gasteiger partial charge is 0.496 e. The molecule has 0 fully saturated rings. The first-order valence-corrected chi connectivity index (χ1v) is 9.35. The van der Waals surface area contributed by atoms with Crippen molar-refractivity contribution in [3.63, 3.8) is 0 Å². The molecule has 0 spiro atoms. The lowest BCUT2D eigenvalue weighted by molar-refractivity contribution is 0.419. The van der Waals surface area contributed by atoms with E-state index >= 15 is 0 Å². The molecule has 130 valence electrons. The SMILES string of the molecule is COc1ccc(S(=O)(=O)Oc2cccc3cccnc23)c2ccccc12. The van der Waals surface area contributed by atoms with E-state index in [2.05, 4.69) is 4.98 Å². The van der Waals surface area contributed by atoms with Crippen LogP contribution in [0.5, 0.6) is 11.5 Å². The molecule has 3 aromatic carbocycles. The van der Waals surface area contributed by atoms with Gasteiger partial charge >= 0.3 is 10.1 Å². The zero-order valence-electron chi connectivity index (χ0n) is 13.9. The number of rotatable bonds is 4. The van der Waals surface area contributed by atoms with Crippen molar-refractivity contribution in [1.29, 1.82) is 0 Å². The summed E-state index contributed by atoms with van der Waals surface area (Å²) in [6.07, 6.45) is 1.60. The van der Waals surface area contributed by atoms with Gasteiger partial charge in [0.15, 0.2) is 5.75 Å². The Labute approximate surface area is 150 Å². The molecule has 0 bridgehead atoms. The van der Waals surface area contributed by atoms with E-state index in [4.69, 9.17) is 8.92 Å². The second-order valence-electron chi connectivity index (χ2n) is 5.68. The Morgan fingerprint density at radius 1 is 0.808 bits per heavy atom. The van der Waals surface area contributed by atoms with Gasteiger partial charge in [-0.15, -0.1) is 0 Å². The summed E-state index contributed by atoms with van der Waals surface area (Å²) in [7, 11) is -2.50. The molecule has 0 aliphatic carbocycles. The minimum Gasteiger partial charge on any atom is -0.496 e. The van der Waals surface area contributed by atoms with Crippen molar-refractivity contribution < 1.29 is 17.3 Å². The lowest BCUT2D eigenvalue weighted by Crippen LogP contribution is -2.11. The minimum absolute atomic E-state index is 0.0850. The van der Waals surface area contributed by atoms with Gasteiger partial charge in [0.1, 0.15) is 16.2 Å². The predicted octanol–water partition coefficient (Wildman–Crippen LogP) is 4.16. The van der Waals surface area contributed by atoms with Crippen LogP contribution in [0.1, 0.15) is 0 Å². The average molecular weight is 365 g/mol. The summed E-state index contributed by atoms with van der Waals surface area (Å²) in [6.45, 7) is 0. The van der Waals surface area contributed by atoms with Crippen LogP contribution in [0, 0.1) is 0 Å². The Kier molecular flexibility index (Phi) is 3.97. The number of hydrogen-bond acceptors (Lipinski definition) is 5. The fraction of sp³-hybridized carbons (Fsp3) is 0.0500. The molecule has 0 aliphatic rings. The van der Waals surface area contributed by atoms with Gasteiger partial charge in [-0.1, -0.05) is 42.5 Å². The van der Waals surface area contributed by atoms with Crippen LogP contribution in [-0.4, -0.2) is 20.5 Å². The number of benzene rings is 3. The van der Waals surface area contributed by atoms with Crippen molar-refractivity contribution in [3.8, 4) is 11.5 Å². The van der Waals surface area contributed by atoms with Gasteiger partial charge in [0.05, 0.1) is 7.11 Å². The van der Waals surface area contributed by atoms with Crippen LogP contribution >= 0.6 is 0 Å². The second-order valence-corrected chi connectivity index (χ2v) is 7.20. The fourth-order valence-corrected chi connectivity index (χ4v) is 4.09. The average Bonchev–Trinajstić information content (AvgIpc) is 2.67. The van der Waals surface area contributed by atoms with Crippen LogP contribution in [0.4, 0.5) is 0 Å². The van der Waals surface area contributed by atoms with E-state index in [1.54, 1.807) is 49.7 Å². The molecule has 0 saturated heterocycles. The van der Waals surface area contributed by atoms with Crippen molar-refractivity contribution in [2.45, 2.75) is 4.90 Å². The standard InChI is InChI=1S/C20H15NO4S/c1-24-17-11-12-19(16-9-3-2-8-15(16)17)26(22,23)25-18-10-4-6-14-7-5-13-21-20(14)18/h2-13H,1H3. The van der Waals surface area contributed by atoms with Gasteiger partial charge in [-0.25, -0.2) is 0 Å². The number of hydrogen-bond donors (Lipinski definition) is 0. The quantitative estimate of drug-likeness (QED) is 0.508. The third-order valence-corrected chi connectivity index (χ3v) is 5.42. The maximum absolute atomic E-state index is 13.0. The first-order valence-electron chi connectivity index (χ1n) is 7.94. The highest BCUT2D eigenvalue weighted by Gasteiger charge is 2.22. The van der Waals surface area contributed by atoms with E-state index in [9.17, 15) is 8.42 Å². The molecule has 0 amide bonds. The van der Waals surface area contributed by atoms with Crippen molar-refractivity contribution >= 4 is 31.8 Å². The number of ether oxygens (including phenoxy) is 1. The Hall–Kier alpha value is -3.12. The number of nitrogens with zero attached hydrogens (tertiary/aromatic N) is 1. The maximum Gasteiger partial charge on any atom is 0.339 e. The van der Waals surface area contributed by atoms with Crippen molar-refractivity contribution in [2.24, 2.45) is 0 Å². The first kappa shape index (κ1) is 16.4. The van der Waals surface area contributed by atoms with Gasteiger partial charge in [0.2, 0.25) is 0 Å². The van der Waals surface area contributed by atoms with E-state index in [-0.39, 0.29) is 10.6 Å². The monoisotopic (exact) mass is 365 g/mol. The molecule has 1 aromatic heterocycles. The topological polar surface area (TPSA) is 65.5 Å². The molecule has 4 rings (SSSR count). The Bertz CT molecular complexity index is 1210. The van der Waals surface area contributed by atoms with E-state index in [0.29, 0.717) is 22.0 Å². The van der Waals surface area contributed by atoms with Crippen LogP contribution in [0.2, 0.25) is 0 Å². The zero-order chi connectivity index (χ0) is 18.1. The summed E-state index contributed by atoms with van der Waals surface area (Å²) in [5.41, 5.74) is 0.497. The highest BCUT2D eigenvalue weighted by Crippen LogP contribution is 2.33. The van der Waals surface area contributed by atoms with Crippen LogP contribution in [-0.2, 0) is 10.1 Å². The number of fused-ring (bicyclic) bond motifs is 2. The third-order valence-electron chi connectivity index (χ3n) is 4.13. The van der Waals surface area contributed by atoms with Gasteiger partial charge in [0, 0.05) is 22.4 Å². The summed E-state index contributed by atoms with van der Waals surface area (Å²) in [6, 6.07) is 19.1. The molecular weight excluding hydrogens is 350 g/mol. The number of methoxy groups -OCH3 is 1. The van der Waals surface area contributed by atoms with E-state index in [1.807, 2.05) is 24.3 Å². The lowest BCUT2D eigenvalue weighted by Gasteiger charge is -2.12. The minimum atomic E-state index is -4.05. The maximum atomic E-state index is 13.0. The molecular formula is C20H15NO4S. The molecule has 4 aromatic rings. The Balaban J connectivity index is 1.86. The third kappa shape index (κ3) is 2.74. The molecule has 26 heavy (non-hydrogen) atoms. The molecule has 0 N–H and O–H groups in total. The highest BCUT2D eigenvalue weighted by atomic mass is 32.2.